The summed E-state index contributed by atoms with van der Waals surface area (Å²) < 4.78 is 5.03. The lowest BCUT2D eigenvalue weighted by molar-refractivity contribution is 0.0527. The molecule has 2 aromatic carbocycles. The van der Waals surface area contributed by atoms with E-state index in [0.717, 1.165) is 10.4 Å². The minimum Gasteiger partial charge on any atom is -0.462 e. The van der Waals surface area contributed by atoms with Gasteiger partial charge >= 0.3 is 5.97 Å². The Kier molecular flexibility index (Phi) is 5.20. The van der Waals surface area contributed by atoms with Gasteiger partial charge in [0.1, 0.15) is 5.69 Å². The van der Waals surface area contributed by atoms with Crippen molar-refractivity contribution in [2.24, 2.45) is 0 Å². The van der Waals surface area contributed by atoms with Gasteiger partial charge in [0.05, 0.1) is 28.2 Å². The van der Waals surface area contributed by atoms with Crippen molar-refractivity contribution in [2.75, 3.05) is 11.9 Å². The van der Waals surface area contributed by atoms with Crippen LogP contribution in [0.25, 0.3) is 10.4 Å². The van der Waals surface area contributed by atoms with Crippen LogP contribution in [-0.4, -0.2) is 23.5 Å². The highest BCUT2D eigenvalue weighted by Gasteiger charge is 2.19. The Morgan fingerprint density at radius 3 is 2.56 bits per heavy atom. The van der Waals surface area contributed by atoms with Crippen molar-refractivity contribution in [1.82, 2.24) is 4.98 Å². The molecule has 0 aliphatic rings. The third kappa shape index (κ3) is 3.75. The Hall–Kier alpha value is -2.99. The Morgan fingerprint density at radius 2 is 1.80 bits per heavy atom. The number of anilines is 1. The van der Waals surface area contributed by atoms with Gasteiger partial charge in [-0.3, -0.25) is 4.79 Å². The topological polar surface area (TPSA) is 68.3 Å². The van der Waals surface area contributed by atoms with Gasteiger partial charge in [0, 0.05) is 0 Å². The number of ether oxygens (including phenoxy) is 1. The molecular weight excluding hydrogens is 336 g/mol. The highest BCUT2D eigenvalue weighted by molar-refractivity contribution is 7.13. The van der Waals surface area contributed by atoms with E-state index < -0.39 is 5.97 Å². The Labute approximate surface area is 149 Å². The number of amides is 1. The summed E-state index contributed by atoms with van der Waals surface area (Å²) in [5, 5.41) is 2.77. The van der Waals surface area contributed by atoms with Crippen molar-refractivity contribution >= 4 is 28.9 Å². The number of hydrogen-bond donors (Lipinski definition) is 1. The van der Waals surface area contributed by atoms with E-state index >= 15 is 0 Å². The molecule has 1 amide bonds. The smallest absolute Gasteiger partial charge is 0.340 e. The third-order valence-corrected chi connectivity index (χ3v) is 4.36. The normalized spacial score (nSPS) is 10.3. The van der Waals surface area contributed by atoms with Crippen LogP contribution in [0, 0.1) is 0 Å². The molecule has 5 nitrogen and oxygen atoms in total. The first-order valence-corrected chi connectivity index (χ1v) is 8.65. The maximum absolute atomic E-state index is 12.7. The number of aromatic nitrogens is 1. The number of carbonyl (C=O) groups is 2. The molecule has 0 saturated heterocycles. The maximum atomic E-state index is 12.7. The summed E-state index contributed by atoms with van der Waals surface area (Å²) in [6.07, 6.45) is 0. The average molecular weight is 352 g/mol. The molecular formula is C19H16N2O3S. The molecule has 1 heterocycles. The fraction of sp³-hybridized carbons (Fsp3) is 0.105. The second-order valence-electron chi connectivity index (χ2n) is 5.12. The molecule has 25 heavy (non-hydrogen) atoms. The highest BCUT2D eigenvalue weighted by Crippen LogP contribution is 2.28. The zero-order chi connectivity index (χ0) is 17.6. The summed E-state index contributed by atoms with van der Waals surface area (Å²) in [5.74, 6) is -0.836. The number of esters is 1. The van der Waals surface area contributed by atoms with E-state index in [2.05, 4.69) is 10.3 Å². The molecule has 0 unspecified atom stereocenters. The monoisotopic (exact) mass is 352 g/mol. The van der Waals surface area contributed by atoms with Crippen LogP contribution in [0.2, 0.25) is 0 Å². The molecule has 0 atom stereocenters. The number of hydrogen-bond acceptors (Lipinski definition) is 5. The van der Waals surface area contributed by atoms with E-state index in [-0.39, 0.29) is 12.5 Å². The molecule has 3 rings (SSSR count). The average Bonchev–Trinajstić information content (AvgIpc) is 3.13. The number of carbonyl (C=O) groups excluding carboxylic acids is 2. The second-order valence-corrected chi connectivity index (χ2v) is 5.97. The van der Waals surface area contributed by atoms with Crippen molar-refractivity contribution in [1.29, 1.82) is 0 Å². The van der Waals surface area contributed by atoms with Crippen molar-refractivity contribution in [3.05, 3.63) is 71.4 Å². The first kappa shape index (κ1) is 16.9. The highest BCUT2D eigenvalue weighted by atomic mass is 32.1. The van der Waals surface area contributed by atoms with Gasteiger partial charge in [0.25, 0.3) is 5.91 Å². The predicted molar refractivity (Wildman–Crippen MR) is 97.9 cm³/mol. The van der Waals surface area contributed by atoms with Crippen LogP contribution in [-0.2, 0) is 4.74 Å². The first-order chi connectivity index (χ1) is 12.2. The van der Waals surface area contributed by atoms with Crippen LogP contribution < -0.4 is 5.32 Å². The predicted octanol–water partition coefficient (Wildman–Crippen LogP) is 4.24. The number of rotatable bonds is 5. The van der Waals surface area contributed by atoms with Crippen molar-refractivity contribution in [3.8, 4) is 10.4 Å². The lowest BCUT2D eigenvalue weighted by Crippen LogP contribution is -2.16. The Bertz CT molecular complexity index is 890. The van der Waals surface area contributed by atoms with Crippen molar-refractivity contribution in [3.63, 3.8) is 0 Å². The molecule has 0 spiro atoms. The van der Waals surface area contributed by atoms with Gasteiger partial charge in [0.2, 0.25) is 0 Å². The molecule has 6 heteroatoms. The van der Waals surface area contributed by atoms with Crippen LogP contribution in [0.3, 0.4) is 0 Å². The number of benzene rings is 2. The largest absolute Gasteiger partial charge is 0.462 e. The van der Waals surface area contributed by atoms with E-state index in [1.54, 1.807) is 36.7 Å². The minimum atomic E-state index is -0.472. The fourth-order valence-electron chi connectivity index (χ4n) is 2.36. The number of para-hydroxylation sites is 1. The molecule has 3 aromatic rings. The Balaban J connectivity index is 1.88. The first-order valence-electron chi connectivity index (χ1n) is 7.77. The molecule has 0 radical (unpaired) electrons. The van der Waals surface area contributed by atoms with Crippen molar-refractivity contribution < 1.29 is 14.3 Å². The van der Waals surface area contributed by atoms with Crippen LogP contribution in [0.1, 0.15) is 27.8 Å². The molecule has 0 fully saturated rings. The molecule has 0 saturated carbocycles. The number of nitrogens with one attached hydrogen (secondary N) is 1. The van der Waals surface area contributed by atoms with Gasteiger partial charge < -0.3 is 10.1 Å². The van der Waals surface area contributed by atoms with Gasteiger partial charge in [-0.2, -0.15) is 0 Å². The van der Waals surface area contributed by atoms with Crippen LogP contribution >= 0.6 is 11.3 Å². The van der Waals surface area contributed by atoms with E-state index in [9.17, 15) is 9.59 Å². The fourth-order valence-corrected chi connectivity index (χ4v) is 3.16. The minimum absolute atomic E-state index is 0.269. The number of thiazole rings is 1. The summed E-state index contributed by atoms with van der Waals surface area (Å²) in [6.45, 7) is 2.01. The standard InChI is InChI=1S/C19H16N2O3S/c1-2-24-19(23)14-10-6-7-11-15(14)21-18(22)16-17(25-12-20-16)13-8-4-3-5-9-13/h3-12H,2H2,1H3,(H,21,22). The molecule has 0 aliphatic carbocycles. The van der Waals surface area contributed by atoms with E-state index in [4.69, 9.17) is 4.74 Å². The van der Waals surface area contributed by atoms with Crippen molar-refractivity contribution in [2.45, 2.75) is 6.92 Å². The molecule has 1 aromatic heterocycles. The zero-order valence-electron chi connectivity index (χ0n) is 13.6. The molecule has 0 bridgehead atoms. The van der Waals surface area contributed by atoms with Gasteiger partial charge in [-0.05, 0) is 24.6 Å². The lowest BCUT2D eigenvalue weighted by atomic mass is 10.1. The zero-order valence-corrected chi connectivity index (χ0v) is 14.4. The molecule has 1 N–H and O–H groups in total. The summed E-state index contributed by atoms with van der Waals surface area (Å²) in [4.78, 5) is 29.7. The summed E-state index contributed by atoms with van der Waals surface area (Å²) in [7, 11) is 0. The van der Waals surface area contributed by atoms with Gasteiger partial charge in [0.15, 0.2) is 0 Å². The van der Waals surface area contributed by atoms with Crippen LogP contribution in [0.4, 0.5) is 5.69 Å². The summed E-state index contributed by atoms with van der Waals surface area (Å²) in [5.41, 5.74) is 3.60. The van der Waals surface area contributed by atoms with Gasteiger partial charge in [-0.1, -0.05) is 42.5 Å². The summed E-state index contributed by atoms with van der Waals surface area (Å²) in [6, 6.07) is 16.3. The van der Waals surface area contributed by atoms with E-state index in [1.807, 2.05) is 30.3 Å². The maximum Gasteiger partial charge on any atom is 0.340 e. The van der Waals surface area contributed by atoms with Crippen LogP contribution in [0.5, 0.6) is 0 Å². The van der Waals surface area contributed by atoms with E-state index in [0.29, 0.717) is 16.9 Å². The molecule has 126 valence electrons. The summed E-state index contributed by atoms with van der Waals surface area (Å²) >= 11 is 1.40. The Morgan fingerprint density at radius 1 is 1.08 bits per heavy atom. The third-order valence-electron chi connectivity index (χ3n) is 3.49. The second kappa shape index (κ2) is 7.72. The SMILES string of the molecule is CCOC(=O)c1ccccc1NC(=O)c1ncsc1-c1ccccc1. The molecule has 0 aliphatic heterocycles. The van der Waals surface area contributed by atoms with E-state index in [1.165, 1.54) is 11.3 Å². The quantitative estimate of drug-likeness (QED) is 0.698. The van der Waals surface area contributed by atoms with Gasteiger partial charge in [-0.15, -0.1) is 11.3 Å². The lowest BCUT2D eigenvalue weighted by Gasteiger charge is -2.10. The number of nitrogens with zero attached hydrogens (tertiary/aromatic N) is 1. The van der Waals surface area contributed by atoms with Gasteiger partial charge in [-0.25, -0.2) is 9.78 Å². The van der Waals surface area contributed by atoms with Crippen LogP contribution in [0.15, 0.2) is 60.1 Å².